The minimum absolute atomic E-state index is 0. The maximum atomic E-state index is 5.57. The topological polar surface area (TPSA) is 93.2 Å². The summed E-state index contributed by atoms with van der Waals surface area (Å²) in [4.78, 5) is 8.60. The van der Waals surface area contributed by atoms with Crippen molar-refractivity contribution in [1.29, 1.82) is 0 Å². The molecule has 0 unspecified atom stereocenters. The fourth-order valence-electron chi connectivity index (χ4n) is 2.65. The molecular formula is C18H32IN7OS. The summed E-state index contributed by atoms with van der Waals surface area (Å²) in [6.45, 7) is 10.5. The maximum absolute atomic E-state index is 5.57. The molecule has 2 rings (SSSR count). The molecule has 0 aliphatic heterocycles. The number of aryl methyl sites for hydroxylation is 3. The Balaban J connectivity index is 0.00000392. The summed E-state index contributed by atoms with van der Waals surface area (Å²) in [5.74, 6) is 3.86. The number of oxazole rings is 1. The van der Waals surface area contributed by atoms with Crippen LogP contribution >= 0.6 is 35.7 Å². The van der Waals surface area contributed by atoms with Gasteiger partial charge in [0.2, 0.25) is 5.89 Å². The summed E-state index contributed by atoms with van der Waals surface area (Å²) in [6, 6.07) is 0. The van der Waals surface area contributed by atoms with Crippen LogP contribution in [0, 0.1) is 19.8 Å². The summed E-state index contributed by atoms with van der Waals surface area (Å²) in [5, 5.41) is 16.2. The Bertz CT molecular complexity index is 738. The third-order valence-corrected chi connectivity index (χ3v) is 4.76. The lowest BCUT2D eigenvalue weighted by atomic mass is 10.2. The second-order valence-corrected chi connectivity index (χ2v) is 7.59. The van der Waals surface area contributed by atoms with Gasteiger partial charge >= 0.3 is 0 Å². The van der Waals surface area contributed by atoms with Crippen LogP contribution in [0.4, 0.5) is 0 Å². The second-order valence-electron chi connectivity index (χ2n) is 6.81. The molecule has 0 bridgehead atoms. The van der Waals surface area contributed by atoms with Crippen LogP contribution < -0.4 is 10.6 Å². The lowest BCUT2D eigenvalue weighted by Crippen LogP contribution is -2.37. The third-order valence-electron chi connectivity index (χ3n) is 4.10. The Morgan fingerprint density at radius 1 is 1.25 bits per heavy atom. The highest BCUT2D eigenvalue weighted by atomic mass is 127. The van der Waals surface area contributed by atoms with Gasteiger partial charge in [-0.15, -0.1) is 34.2 Å². The van der Waals surface area contributed by atoms with Gasteiger partial charge in [-0.2, -0.15) is 0 Å². The standard InChI is InChI=1S/C18H31N7OS.HI/c1-12(2)11-25-15(23-24-18(25)27-6)8-7-9-20-17(19-5)21-10-16-22-13(3)14(4)26-16;/h12H,7-11H2,1-6H3,(H2,19,20,21);1H. The molecule has 2 aromatic heterocycles. The molecule has 0 radical (unpaired) electrons. The van der Waals surface area contributed by atoms with Crippen LogP contribution in [-0.2, 0) is 19.5 Å². The van der Waals surface area contributed by atoms with Gasteiger partial charge in [-0.25, -0.2) is 4.98 Å². The van der Waals surface area contributed by atoms with E-state index >= 15 is 0 Å². The summed E-state index contributed by atoms with van der Waals surface area (Å²) in [7, 11) is 1.76. The van der Waals surface area contributed by atoms with Crippen molar-refractivity contribution < 1.29 is 4.42 Å². The molecule has 2 heterocycles. The van der Waals surface area contributed by atoms with E-state index in [-0.39, 0.29) is 24.0 Å². The molecular weight excluding hydrogens is 489 g/mol. The lowest BCUT2D eigenvalue weighted by Gasteiger charge is -2.13. The molecule has 0 aliphatic rings. The molecule has 28 heavy (non-hydrogen) atoms. The van der Waals surface area contributed by atoms with E-state index in [0.29, 0.717) is 18.4 Å². The Morgan fingerprint density at radius 3 is 2.57 bits per heavy atom. The van der Waals surface area contributed by atoms with E-state index < -0.39 is 0 Å². The molecule has 10 heteroatoms. The van der Waals surface area contributed by atoms with Gasteiger partial charge in [-0.3, -0.25) is 4.99 Å². The van der Waals surface area contributed by atoms with Crippen molar-refractivity contribution in [2.45, 2.75) is 58.8 Å². The van der Waals surface area contributed by atoms with Gasteiger partial charge in [-0.05, 0) is 32.4 Å². The first-order valence-corrected chi connectivity index (χ1v) is 10.5. The fraction of sp³-hybridized carbons (Fsp3) is 0.667. The zero-order valence-electron chi connectivity index (χ0n) is 17.6. The first-order valence-electron chi connectivity index (χ1n) is 9.28. The van der Waals surface area contributed by atoms with E-state index in [0.717, 1.165) is 54.3 Å². The number of halogens is 1. The van der Waals surface area contributed by atoms with Crippen LogP contribution in [0.15, 0.2) is 14.6 Å². The molecule has 0 aromatic carbocycles. The van der Waals surface area contributed by atoms with E-state index in [9.17, 15) is 0 Å². The molecule has 0 atom stereocenters. The van der Waals surface area contributed by atoms with Crippen molar-refractivity contribution in [3.05, 3.63) is 23.2 Å². The quantitative estimate of drug-likeness (QED) is 0.172. The average Bonchev–Trinajstić information content (AvgIpc) is 3.16. The molecule has 0 saturated carbocycles. The molecule has 2 N–H and O–H groups in total. The number of thioether (sulfide) groups is 1. The minimum Gasteiger partial charge on any atom is -0.444 e. The zero-order chi connectivity index (χ0) is 19.8. The number of aliphatic imine (C=N–C) groups is 1. The van der Waals surface area contributed by atoms with Crippen LogP contribution in [0.5, 0.6) is 0 Å². The van der Waals surface area contributed by atoms with Crippen molar-refractivity contribution in [3.63, 3.8) is 0 Å². The summed E-state index contributed by atoms with van der Waals surface area (Å²) < 4.78 is 7.81. The van der Waals surface area contributed by atoms with E-state index in [2.05, 4.69) is 49.2 Å². The van der Waals surface area contributed by atoms with Gasteiger partial charge in [0.1, 0.15) is 11.6 Å². The van der Waals surface area contributed by atoms with E-state index in [1.165, 1.54) is 0 Å². The largest absolute Gasteiger partial charge is 0.444 e. The summed E-state index contributed by atoms with van der Waals surface area (Å²) in [5.41, 5.74) is 0.921. The fourth-order valence-corrected chi connectivity index (χ4v) is 3.17. The first kappa shape index (κ1) is 24.7. The Labute approximate surface area is 188 Å². The van der Waals surface area contributed by atoms with Crippen molar-refractivity contribution in [2.75, 3.05) is 19.8 Å². The molecule has 0 amide bonds. The first-order chi connectivity index (χ1) is 12.9. The number of nitrogens with zero attached hydrogens (tertiary/aromatic N) is 5. The van der Waals surface area contributed by atoms with E-state index in [1.807, 2.05) is 20.1 Å². The second kappa shape index (κ2) is 12.3. The van der Waals surface area contributed by atoms with Crippen molar-refractivity contribution in [2.24, 2.45) is 10.9 Å². The Hall–Kier alpha value is -1.30. The maximum Gasteiger partial charge on any atom is 0.214 e. The smallest absolute Gasteiger partial charge is 0.214 e. The lowest BCUT2D eigenvalue weighted by molar-refractivity contribution is 0.463. The molecule has 0 spiro atoms. The SMILES string of the molecule is CN=C(NCCCc1nnc(SC)n1CC(C)C)NCc1nc(C)c(C)o1.I. The number of guanidine groups is 1. The normalized spacial score (nSPS) is 11.6. The average molecular weight is 521 g/mol. The highest BCUT2D eigenvalue weighted by molar-refractivity contribution is 14.0. The van der Waals surface area contributed by atoms with Crippen molar-refractivity contribution in [1.82, 2.24) is 30.4 Å². The zero-order valence-corrected chi connectivity index (χ0v) is 20.7. The van der Waals surface area contributed by atoms with Crippen molar-refractivity contribution in [3.8, 4) is 0 Å². The van der Waals surface area contributed by atoms with Crippen LogP contribution in [0.1, 0.15) is 43.4 Å². The number of rotatable bonds is 9. The highest BCUT2D eigenvalue weighted by Crippen LogP contribution is 2.16. The number of nitrogens with one attached hydrogen (secondary N) is 2. The molecule has 8 nitrogen and oxygen atoms in total. The van der Waals surface area contributed by atoms with Crippen molar-refractivity contribution >= 4 is 41.7 Å². The Morgan fingerprint density at radius 2 is 2.00 bits per heavy atom. The summed E-state index contributed by atoms with van der Waals surface area (Å²) >= 11 is 1.64. The number of aromatic nitrogens is 4. The van der Waals surface area contributed by atoms with Gasteiger partial charge in [0, 0.05) is 26.6 Å². The van der Waals surface area contributed by atoms with Gasteiger partial charge in [-0.1, -0.05) is 25.6 Å². The summed E-state index contributed by atoms with van der Waals surface area (Å²) in [6.07, 6.45) is 3.86. The Kier molecular flexibility index (Phi) is 10.9. The number of hydrogen-bond acceptors (Lipinski definition) is 6. The monoisotopic (exact) mass is 521 g/mol. The molecule has 0 saturated heterocycles. The van der Waals surface area contributed by atoms with E-state index in [4.69, 9.17) is 4.42 Å². The predicted octanol–water partition coefficient (Wildman–Crippen LogP) is 3.18. The number of hydrogen-bond donors (Lipinski definition) is 2. The highest BCUT2D eigenvalue weighted by Gasteiger charge is 2.12. The van der Waals surface area contributed by atoms with Crippen LogP contribution in [0.25, 0.3) is 0 Å². The van der Waals surface area contributed by atoms with Gasteiger partial charge in [0.15, 0.2) is 11.1 Å². The third kappa shape index (κ3) is 7.26. The molecule has 2 aromatic rings. The molecule has 158 valence electrons. The minimum atomic E-state index is 0. The van der Waals surface area contributed by atoms with Gasteiger partial charge < -0.3 is 19.6 Å². The van der Waals surface area contributed by atoms with Crippen LogP contribution in [0.2, 0.25) is 0 Å². The predicted molar refractivity (Wildman–Crippen MR) is 125 cm³/mol. The van der Waals surface area contributed by atoms with Crippen LogP contribution in [-0.4, -0.2) is 45.6 Å². The molecule has 0 aliphatic carbocycles. The molecule has 0 fully saturated rings. The van der Waals surface area contributed by atoms with Gasteiger partial charge in [0.25, 0.3) is 0 Å². The van der Waals surface area contributed by atoms with E-state index in [1.54, 1.807) is 18.8 Å². The van der Waals surface area contributed by atoms with Crippen LogP contribution in [0.3, 0.4) is 0 Å². The van der Waals surface area contributed by atoms with Gasteiger partial charge in [0.05, 0.1) is 12.2 Å².